The minimum absolute atomic E-state index is 0.0161. The Labute approximate surface area is 107 Å². The van der Waals surface area contributed by atoms with Crippen LogP contribution in [0.3, 0.4) is 0 Å². The molecule has 1 rings (SSSR count). The Morgan fingerprint density at radius 2 is 1.83 bits per heavy atom. The van der Waals surface area contributed by atoms with Crippen molar-refractivity contribution in [2.24, 2.45) is 0 Å². The highest BCUT2D eigenvalue weighted by Gasteiger charge is 2.06. The van der Waals surface area contributed by atoms with Gasteiger partial charge in [-0.15, -0.1) is 0 Å². The largest absolute Gasteiger partial charge is 0.465 e. The van der Waals surface area contributed by atoms with Gasteiger partial charge in [-0.2, -0.15) is 0 Å². The smallest absolute Gasteiger partial charge is 0.337 e. The summed E-state index contributed by atoms with van der Waals surface area (Å²) in [7, 11) is 2.99. The Morgan fingerprint density at radius 3 is 2.33 bits per heavy atom. The summed E-state index contributed by atoms with van der Waals surface area (Å²) in [6.45, 7) is 0.572. The molecule has 0 bridgehead atoms. The van der Waals surface area contributed by atoms with Gasteiger partial charge in [-0.05, 0) is 29.7 Å². The molecule has 98 valence electrons. The van der Waals surface area contributed by atoms with Gasteiger partial charge in [0.1, 0.15) is 0 Å². The molecule has 0 atom stereocenters. The highest BCUT2D eigenvalue weighted by Crippen LogP contribution is 2.19. The van der Waals surface area contributed by atoms with Crippen molar-refractivity contribution in [1.82, 2.24) is 0 Å². The fourth-order valence-corrected chi connectivity index (χ4v) is 1.62. The average molecular weight is 250 g/mol. The summed E-state index contributed by atoms with van der Waals surface area (Å²) in [5.74, 6) is -0.355. The summed E-state index contributed by atoms with van der Waals surface area (Å²) >= 11 is 0. The van der Waals surface area contributed by atoms with Gasteiger partial charge in [0.2, 0.25) is 0 Å². The van der Waals surface area contributed by atoms with Gasteiger partial charge in [0, 0.05) is 7.11 Å². The number of aliphatic hydroxyl groups is 1. The highest BCUT2D eigenvalue weighted by atomic mass is 16.5. The van der Waals surface area contributed by atoms with Crippen LogP contribution in [0.15, 0.2) is 30.3 Å². The third-order valence-electron chi connectivity index (χ3n) is 2.59. The molecule has 0 aliphatic heterocycles. The SMILES string of the molecule is COCC/C(=C\CO)c1ccc(C(=O)OC)cc1. The van der Waals surface area contributed by atoms with Crippen LogP contribution in [0.2, 0.25) is 0 Å². The second-order valence-electron chi connectivity index (χ2n) is 3.72. The molecule has 1 N–H and O–H groups in total. The van der Waals surface area contributed by atoms with Crippen LogP contribution >= 0.6 is 0 Å². The molecule has 0 fully saturated rings. The molecule has 0 radical (unpaired) electrons. The number of rotatable bonds is 6. The van der Waals surface area contributed by atoms with E-state index in [4.69, 9.17) is 9.84 Å². The van der Waals surface area contributed by atoms with Gasteiger partial charge in [0.25, 0.3) is 0 Å². The number of methoxy groups -OCH3 is 2. The maximum atomic E-state index is 11.3. The summed E-state index contributed by atoms with van der Waals surface area (Å²) in [6, 6.07) is 7.09. The number of benzene rings is 1. The molecule has 4 nitrogen and oxygen atoms in total. The van der Waals surface area contributed by atoms with Crippen LogP contribution in [-0.2, 0) is 9.47 Å². The summed E-state index contributed by atoms with van der Waals surface area (Å²) in [6.07, 6.45) is 2.46. The minimum atomic E-state index is -0.355. The lowest BCUT2D eigenvalue weighted by Crippen LogP contribution is -2.01. The van der Waals surface area contributed by atoms with E-state index in [0.717, 1.165) is 11.1 Å². The van der Waals surface area contributed by atoms with E-state index in [-0.39, 0.29) is 12.6 Å². The Morgan fingerprint density at radius 1 is 1.22 bits per heavy atom. The quantitative estimate of drug-likeness (QED) is 0.783. The number of esters is 1. The van der Waals surface area contributed by atoms with Gasteiger partial charge in [0.05, 0.1) is 25.9 Å². The van der Waals surface area contributed by atoms with Crippen molar-refractivity contribution in [3.63, 3.8) is 0 Å². The molecule has 1 aromatic carbocycles. The molecule has 0 amide bonds. The normalized spacial score (nSPS) is 11.4. The van der Waals surface area contributed by atoms with Crippen molar-refractivity contribution in [3.8, 4) is 0 Å². The van der Waals surface area contributed by atoms with Gasteiger partial charge in [-0.25, -0.2) is 4.79 Å². The summed E-state index contributed by atoms with van der Waals surface area (Å²) < 4.78 is 9.66. The third kappa shape index (κ3) is 3.98. The molecular weight excluding hydrogens is 232 g/mol. The van der Waals surface area contributed by atoms with Crippen LogP contribution in [0.1, 0.15) is 22.3 Å². The van der Waals surface area contributed by atoms with Crippen LogP contribution in [0.4, 0.5) is 0 Å². The molecule has 0 aromatic heterocycles. The molecule has 0 heterocycles. The molecule has 0 unspecified atom stereocenters. The van der Waals surface area contributed by atoms with E-state index in [1.165, 1.54) is 7.11 Å². The number of aliphatic hydroxyl groups excluding tert-OH is 1. The van der Waals surface area contributed by atoms with E-state index in [2.05, 4.69) is 4.74 Å². The van der Waals surface area contributed by atoms with E-state index < -0.39 is 0 Å². The highest BCUT2D eigenvalue weighted by molar-refractivity contribution is 5.89. The summed E-state index contributed by atoms with van der Waals surface area (Å²) in [4.78, 5) is 11.3. The van der Waals surface area contributed by atoms with Crippen LogP contribution in [-0.4, -0.2) is 38.5 Å². The van der Waals surface area contributed by atoms with E-state index in [1.54, 1.807) is 25.3 Å². The van der Waals surface area contributed by atoms with Crippen LogP contribution < -0.4 is 0 Å². The Balaban J connectivity index is 2.87. The summed E-state index contributed by atoms with van der Waals surface area (Å²) in [5, 5.41) is 8.99. The van der Waals surface area contributed by atoms with Gasteiger partial charge in [-0.1, -0.05) is 18.2 Å². The standard InChI is InChI=1S/C14H18O4/c1-17-10-8-12(7-9-15)11-3-5-13(6-4-11)14(16)18-2/h3-7,15H,8-10H2,1-2H3/b12-7+. The van der Waals surface area contributed by atoms with E-state index >= 15 is 0 Å². The molecule has 0 spiro atoms. The Kier molecular flexibility index (Phi) is 6.11. The zero-order valence-electron chi connectivity index (χ0n) is 10.7. The number of ether oxygens (including phenoxy) is 2. The predicted octanol–water partition coefficient (Wildman–Crippen LogP) is 1.89. The second-order valence-corrected chi connectivity index (χ2v) is 3.72. The first-order valence-corrected chi connectivity index (χ1v) is 5.70. The van der Waals surface area contributed by atoms with Crippen LogP contribution in [0, 0.1) is 0 Å². The minimum Gasteiger partial charge on any atom is -0.465 e. The van der Waals surface area contributed by atoms with E-state index in [9.17, 15) is 4.79 Å². The molecule has 0 saturated carbocycles. The fraction of sp³-hybridized carbons (Fsp3) is 0.357. The monoisotopic (exact) mass is 250 g/mol. The van der Waals surface area contributed by atoms with Crippen molar-refractivity contribution < 1.29 is 19.4 Å². The third-order valence-corrected chi connectivity index (χ3v) is 2.59. The molecule has 1 aromatic rings. The average Bonchev–Trinajstić information content (AvgIpc) is 2.43. The molecule has 0 aliphatic rings. The molecule has 0 saturated heterocycles. The van der Waals surface area contributed by atoms with Gasteiger partial charge in [0.15, 0.2) is 0 Å². The van der Waals surface area contributed by atoms with Crippen LogP contribution in [0.25, 0.3) is 5.57 Å². The topological polar surface area (TPSA) is 55.8 Å². The van der Waals surface area contributed by atoms with Crippen molar-refractivity contribution in [2.45, 2.75) is 6.42 Å². The fourth-order valence-electron chi connectivity index (χ4n) is 1.62. The first kappa shape index (κ1) is 14.4. The molecular formula is C14H18O4. The van der Waals surface area contributed by atoms with E-state index in [0.29, 0.717) is 18.6 Å². The first-order chi connectivity index (χ1) is 8.72. The lowest BCUT2D eigenvalue weighted by atomic mass is 10.0. The number of hydrogen-bond acceptors (Lipinski definition) is 4. The van der Waals surface area contributed by atoms with Gasteiger partial charge in [-0.3, -0.25) is 0 Å². The van der Waals surface area contributed by atoms with Crippen molar-refractivity contribution in [3.05, 3.63) is 41.5 Å². The second kappa shape index (κ2) is 7.63. The lowest BCUT2D eigenvalue weighted by Gasteiger charge is -2.08. The van der Waals surface area contributed by atoms with E-state index in [1.807, 2.05) is 12.1 Å². The maximum Gasteiger partial charge on any atom is 0.337 e. The van der Waals surface area contributed by atoms with Crippen molar-refractivity contribution >= 4 is 11.5 Å². The van der Waals surface area contributed by atoms with Gasteiger partial charge < -0.3 is 14.6 Å². The van der Waals surface area contributed by atoms with Gasteiger partial charge >= 0.3 is 5.97 Å². The zero-order valence-corrected chi connectivity index (χ0v) is 10.7. The Bertz CT molecular complexity index is 406. The maximum absolute atomic E-state index is 11.3. The van der Waals surface area contributed by atoms with Crippen LogP contribution in [0.5, 0.6) is 0 Å². The first-order valence-electron chi connectivity index (χ1n) is 5.70. The Hall–Kier alpha value is -1.65. The van der Waals surface area contributed by atoms with Crippen molar-refractivity contribution in [2.75, 3.05) is 27.4 Å². The summed E-state index contributed by atoms with van der Waals surface area (Å²) in [5.41, 5.74) is 2.47. The lowest BCUT2D eigenvalue weighted by molar-refractivity contribution is 0.0600. The molecule has 18 heavy (non-hydrogen) atoms. The number of hydrogen-bond donors (Lipinski definition) is 1. The number of carbonyl (C=O) groups is 1. The van der Waals surface area contributed by atoms with Crippen molar-refractivity contribution in [1.29, 1.82) is 0 Å². The molecule has 4 heteroatoms. The number of carbonyl (C=O) groups excluding carboxylic acids is 1. The predicted molar refractivity (Wildman–Crippen MR) is 69.3 cm³/mol. The molecule has 0 aliphatic carbocycles. The zero-order chi connectivity index (χ0) is 13.4.